The highest BCUT2D eigenvalue weighted by Crippen LogP contribution is 2.53. The maximum atomic E-state index is 16.0. The third-order valence-electron chi connectivity index (χ3n) is 9.10. The van der Waals surface area contributed by atoms with Crippen molar-refractivity contribution in [2.75, 3.05) is 6.35 Å². The van der Waals surface area contributed by atoms with E-state index in [2.05, 4.69) is 92.4 Å². The molecule has 0 aliphatic rings. The molecular formula is C40H41O4PSi3. The van der Waals surface area contributed by atoms with Crippen LogP contribution in [0.1, 0.15) is 0 Å². The quantitative estimate of drug-likeness (QED) is 0.104. The molecule has 6 aromatic carbocycles. The van der Waals surface area contributed by atoms with Crippen LogP contribution in [-0.4, -0.2) is 31.3 Å². The average molecular weight is 701 g/mol. The lowest BCUT2D eigenvalue weighted by molar-refractivity contribution is 0.312. The zero-order valence-corrected chi connectivity index (χ0v) is 31.5. The summed E-state index contributed by atoms with van der Waals surface area (Å²) in [5, 5.41) is 6.20. The maximum Gasteiger partial charge on any atom is 0.336 e. The molecule has 0 saturated carbocycles. The molecule has 0 unspecified atom stereocenters. The average Bonchev–Trinajstić information content (AvgIpc) is 3.16. The largest absolute Gasteiger partial charge is 0.396 e. The zero-order chi connectivity index (χ0) is 33.5. The van der Waals surface area contributed by atoms with Crippen LogP contribution in [-0.2, 0) is 17.4 Å². The van der Waals surface area contributed by atoms with Gasteiger partial charge in [0.1, 0.15) is 6.35 Å². The SMILES string of the molecule is C[Si](OCP(=O)(O[Si](C)(c1ccccc1)c1ccccc1)O[Si](C)(c1ccccc1)c1ccccc1)(c1ccccc1)c1ccccc1. The second-order valence-electron chi connectivity index (χ2n) is 12.4. The van der Waals surface area contributed by atoms with Crippen molar-refractivity contribution in [1.29, 1.82) is 0 Å². The summed E-state index contributed by atoms with van der Waals surface area (Å²) >= 11 is 0. The van der Waals surface area contributed by atoms with Crippen LogP contribution in [0.25, 0.3) is 0 Å². The van der Waals surface area contributed by atoms with Gasteiger partial charge in [0.05, 0.1) is 0 Å². The monoisotopic (exact) mass is 700 g/mol. The highest BCUT2D eigenvalue weighted by atomic mass is 31.2. The summed E-state index contributed by atoms with van der Waals surface area (Å²) in [5.41, 5.74) is 0. The van der Waals surface area contributed by atoms with Crippen LogP contribution in [0.2, 0.25) is 19.6 Å². The molecule has 6 aromatic rings. The fourth-order valence-corrected chi connectivity index (χ4v) is 21.3. The molecule has 0 aliphatic carbocycles. The smallest absolute Gasteiger partial charge is 0.336 e. The summed E-state index contributed by atoms with van der Waals surface area (Å²) in [6, 6.07) is 61.2. The predicted molar refractivity (Wildman–Crippen MR) is 207 cm³/mol. The minimum absolute atomic E-state index is 0.190. The Morgan fingerprint density at radius 2 is 0.583 bits per heavy atom. The van der Waals surface area contributed by atoms with Crippen LogP contribution in [0.3, 0.4) is 0 Å². The van der Waals surface area contributed by atoms with Gasteiger partial charge in [-0.2, -0.15) is 0 Å². The molecule has 4 nitrogen and oxygen atoms in total. The first-order chi connectivity index (χ1) is 23.3. The van der Waals surface area contributed by atoms with E-state index >= 15 is 4.57 Å². The molecule has 242 valence electrons. The highest BCUT2D eigenvalue weighted by Gasteiger charge is 2.49. The fourth-order valence-electron chi connectivity index (χ4n) is 6.25. The molecule has 8 heteroatoms. The van der Waals surface area contributed by atoms with E-state index in [1.165, 1.54) is 0 Å². The van der Waals surface area contributed by atoms with Gasteiger partial charge in [0.25, 0.3) is 25.0 Å². The molecule has 6 rings (SSSR count). The molecule has 0 heterocycles. The van der Waals surface area contributed by atoms with Crippen molar-refractivity contribution in [2.24, 2.45) is 0 Å². The number of hydrogen-bond acceptors (Lipinski definition) is 4. The van der Waals surface area contributed by atoms with Crippen LogP contribution in [0.5, 0.6) is 0 Å². The van der Waals surface area contributed by atoms with Crippen molar-refractivity contribution < 1.29 is 17.4 Å². The Labute approximate surface area is 287 Å². The molecule has 0 aromatic heterocycles. The molecule has 0 aliphatic heterocycles. The van der Waals surface area contributed by atoms with Gasteiger partial charge < -0.3 is 12.9 Å². The summed E-state index contributed by atoms with van der Waals surface area (Å²) in [6.07, 6.45) is -0.190. The van der Waals surface area contributed by atoms with Crippen molar-refractivity contribution in [3.63, 3.8) is 0 Å². The van der Waals surface area contributed by atoms with Crippen LogP contribution in [0, 0.1) is 0 Å². The van der Waals surface area contributed by atoms with Crippen LogP contribution >= 0.6 is 7.60 Å². The Balaban J connectivity index is 1.51. The van der Waals surface area contributed by atoms with E-state index < -0.39 is 32.5 Å². The Morgan fingerprint density at radius 3 is 0.812 bits per heavy atom. The van der Waals surface area contributed by atoms with Crippen molar-refractivity contribution in [1.82, 2.24) is 0 Å². The topological polar surface area (TPSA) is 44.8 Å². The standard InChI is InChI=1S/C40H41O4PSi3/c1-46(35-22-10-4-11-23-35,36-24-12-5-13-25-36)42-34-45(41,43-47(2,37-26-14-6-15-27-37)38-28-16-7-17-29-38)44-48(3,39-30-18-8-19-31-39)40-32-20-9-21-33-40/h4-33H,34H2,1-3H3. The summed E-state index contributed by atoms with van der Waals surface area (Å²) in [6.45, 7) is 6.39. The summed E-state index contributed by atoms with van der Waals surface area (Å²) < 4.78 is 37.5. The van der Waals surface area contributed by atoms with Crippen molar-refractivity contribution in [3.05, 3.63) is 182 Å². The second-order valence-corrected chi connectivity index (χ2v) is 25.3. The molecule has 0 fully saturated rings. The lowest BCUT2D eigenvalue weighted by Crippen LogP contribution is -2.61. The van der Waals surface area contributed by atoms with Gasteiger partial charge in [0.15, 0.2) is 0 Å². The molecule has 0 spiro atoms. The summed E-state index contributed by atoms with van der Waals surface area (Å²) in [5.74, 6) is 0. The molecule has 0 N–H and O–H groups in total. The first-order valence-corrected chi connectivity index (χ1v) is 25.2. The third kappa shape index (κ3) is 7.23. The van der Waals surface area contributed by atoms with Crippen LogP contribution in [0.4, 0.5) is 0 Å². The van der Waals surface area contributed by atoms with Gasteiger partial charge in [0, 0.05) is 0 Å². The lowest BCUT2D eigenvalue weighted by Gasteiger charge is -2.39. The van der Waals surface area contributed by atoms with E-state index in [0.29, 0.717) is 0 Å². The molecule has 0 bridgehead atoms. The van der Waals surface area contributed by atoms with Crippen molar-refractivity contribution in [3.8, 4) is 0 Å². The van der Waals surface area contributed by atoms with E-state index in [1.807, 2.05) is 109 Å². The van der Waals surface area contributed by atoms with Gasteiger partial charge >= 0.3 is 7.60 Å². The van der Waals surface area contributed by atoms with Gasteiger partial charge in [-0.05, 0) is 50.8 Å². The van der Waals surface area contributed by atoms with Gasteiger partial charge in [-0.3, -0.25) is 4.57 Å². The van der Waals surface area contributed by atoms with Gasteiger partial charge in [0.2, 0.25) is 0 Å². The molecule has 0 atom stereocenters. The molecule has 0 amide bonds. The predicted octanol–water partition coefficient (Wildman–Crippen LogP) is 6.36. The lowest BCUT2D eigenvalue weighted by atomic mass is 10.4. The zero-order valence-electron chi connectivity index (χ0n) is 27.6. The normalized spacial score (nSPS) is 12.5. The maximum absolute atomic E-state index is 16.0. The highest BCUT2D eigenvalue weighted by molar-refractivity contribution is 7.58. The minimum Gasteiger partial charge on any atom is -0.396 e. The fraction of sp³-hybridized carbons (Fsp3) is 0.100. The van der Waals surface area contributed by atoms with E-state index in [4.69, 9.17) is 12.9 Å². The third-order valence-corrected chi connectivity index (χ3v) is 24.3. The van der Waals surface area contributed by atoms with Gasteiger partial charge in [-0.15, -0.1) is 0 Å². The van der Waals surface area contributed by atoms with Crippen LogP contribution in [0.15, 0.2) is 182 Å². The van der Waals surface area contributed by atoms with Crippen LogP contribution < -0.4 is 31.1 Å². The Hall–Kier alpha value is -3.92. The van der Waals surface area contributed by atoms with E-state index in [1.54, 1.807) is 0 Å². The first kappa shape index (κ1) is 34.0. The molecule has 0 radical (unpaired) electrons. The Kier molecular flexibility index (Phi) is 10.4. The molecular weight excluding hydrogens is 660 g/mol. The van der Waals surface area contributed by atoms with E-state index in [-0.39, 0.29) is 6.35 Å². The molecule has 48 heavy (non-hydrogen) atoms. The number of rotatable bonds is 13. The number of hydrogen-bond donors (Lipinski definition) is 0. The number of benzene rings is 6. The van der Waals surface area contributed by atoms with E-state index in [0.717, 1.165) is 31.1 Å². The van der Waals surface area contributed by atoms with Gasteiger partial charge in [-0.25, -0.2) is 0 Å². The summed E-state index contributed by atoms with van der Waals surface area (Å²) in [4.78, 5) is 0. The summed E-state index contributed by atoms with van der Waals surface area (Å²) in [7, 11) is -13.2. The second kappa shape index (κ2) is 14.7. The Morgan fingerprint density at radius 1 is 0.375 bits per heavy atom. The van der Waals surface area contributed by atoms with Gasteiger partial charge in [-0.1, -0.05) is 182 Å². The van der Waals surface area contributed by atoms with Crippen molar-refractivity contribution in [2.45, 2.75) is 19.6 Å². The first-order valence-electron chi connectivity index (χ1n) is 16.2. The molecule has 0 saturated heterocycles. The Bertz CT molecular complexity index is 1720. The minimum atomic E-state index is -4.03. The van der Waals surface area contributed by atoms with E-state index in [9.17, 15) is 0 Å². The van der Waals surface area contributed by atoms with Crippen molar-refractivity contribution >= 4 is 63.7 Å².